The van der Waals surface area contributed by atoms with Crippen LogP contribution in [-0.2, 0) is 14.3 Å². The van der Waals surface area contributed by atoms with E-state index in [1.165, 1.54) is 6.92 Å². The molecular weight excluding hydrogens is 389 g/mol. The fourth-order valence-corrected chi connectivity index (χ4v) is 2.91. The fourth-order valence-electron chi connectivity index (χ4n) is 2.34. The second-order valence-corrected chi connectivity index (χ2v) is 6.89. The number of carbonyl (C=O) groups is 2. The van der Waals surface area contributed by atoms with Crippen molar-refractivity contribution < 1.29 is 19.1 Å². The number of ether oxygens (including phenoxy) is 2. The van der Waals surface area contributed by atoms with Crippen LogP contribution in [0.15, 0.2) is 48.5 Å². The van der Waals surface area contributed by atoms with Crippen LogP contribution in [0.2, 0.25) is 10.0 Å². The lowest BCUT2D eigenvalue weighted by atomic mass is 10.1. The van der Waals surface area contributed by atoms with Gasteiger partial charge in [0.25, 0.3) is 5.91 Å². The summed E-state index contributed by atoms with van der Waals surface area (Å²) in [6.45, 7) is 4.84. The second-order valence-electron chi connectivity index (χ2n) is 6.05. The Labute approximate surface area is 168 Å². The molecule has 0 saturated carbocycles. The van der Waals surface area contributed by atoms with Gasteiger partial charge in [-0.2, -0.15) is 0 Å². The minimum absolute atomic E-state index is 0.374. The summed E-state index contributed by atoms with van der Waals surface area (Å²) in [5.41, 5.74) is 0.716. The van der Waals surface area contributed by atoms with Gasteiger partial charge in [0, 0.05) is 10.0 Å². The lowest BCUT2D eigenvalue weighted by Gasteiger charge is -2.21. The lowest BCUT2D eigenvalue weighted by Crippen LogP contribution is -2.39. The Morgan fingerprint density at radius 1 is 0.963 bits per heavy atom. The van der Waals surface area contributed by atoms with Crippen molar-refractivity contribution in [1.82, 2.24) is 5.32 Å². The number of benzene rings is 2. The lowest BCUT2D eigenvalue weighted by molar-refractivity contribution is -0.161. The summed E-state index contributed by atoms with van der Waals surface area (Å²) in [5.74, 6) is -0.516. The van der Waals surface area contributed by atoms with E-state index in [2.05, 4.69) is 5.32 Å². The standard InChI is InChI=1S/C20H21Cl2NO4/c1-12(17-10-9-15(21)11-18(17)22)23-19(24)13(2)27-20(25)14(3)26-16-7-5-4-6-8-16/h4-14H,1-3H3,(H,23,24)/t12-,13+,14+/m0/s1. The first-order chi connectivity index (χ1) is 12.8. The number of hydrogen-bond donors (Lipinski definition) is 1. The van der Waals surface area contributed by atoms with Crippen molar-refractivity contribution in [2.75, 3.05) is 0 Å². The third-order valence-corrected chi connectivity index (χ3v) is 4.40. The number of para-hydroxylation sites is 1. The zero-order valence-corrected chi connectivity index (χ0v) is 16.8. The quantitative estimate of drug-likeness (QED) is 0.680. The van der Waals surface area contributed by atoms with Gasteiger partial charge in [0.15, 0.2) is 12.2 Å². The summed E-state index contributed by atoms with van der Waals surface area (Å²) in [6, 6.07) is 13.6. The molecular formula is C20H21Cl2NO4. The number of carbonyl (C=O) groups excluding carboxylic acids is 2. The van der Waals surface area contributed by atoms with Gasteiger partial charge in [-0.1, -0.05) is 47.5 Å². The van der Waals surface area contributed by atoms with E-state index in [0.717, 1.165) is 0 Å². The van der Waals surface area contributed by atoms with Gasteiger partial charge in [-0.15, -0.1) is 0 Å². The van der Waals surface area contributed by atoms with Crippen LogP contribution in [-0.4, -0.2) is 24.1 Å². The minimum atomic E-state index is -0.979. The van der Waals surface area contributed by atoms with Crippen LogP contribution in [0.1, 0.15) is 32.4 Å². The number of rotatable bonds is 7. The number of esters is 1. The van der Waals surface area contributed by atoms with Crippen LogP contribution < -0.4 is 10.1 Å². The molecule has 0 bridgehead atoms. The molecule has 7 heteroatoms. The summed E-state index contributed by atoms with van der Waals surface area (Å²) < 4.78 is 10.7. The molecule has 5 nitrogen and oxygen atoms in total. The van der Waals surface area contributed by atoms with Crippen LogP contribution in [0.25, 0.3) is 0 Å². The van der Waals surface area contributed by atoms with Gasteiger partial charge in [-0.05, 0) is 50.6 Å². The molecule has 2 aromatic carbocycles. The first-order valence-corrected chi connectivity index (χ1v) is 9.21. The minimum Gasteiger partial charge on any atom is -0.479 e. The van der Waals surface area contributed by atoms with Crippen LogP contribution in [0.3, 0.4) is 0 Å². The molecule has 0 fully saturated rings. The van der Waals surface area contributed by atoms with Crippen LogP contribution in [0.4, 0.5) is 0 Å². The maximum absolute atomic E-state index is 12.3. The molecule has 27 heavy (non-hydrogen) atoms. The number of halogens is 2. The van der Waals surface area contributed by atoms with Crippen molar-refractivity contribution in [3.05, 3.63) is 64.1 Å². The van der Waals surface area contributed by atoms with E-state index in [-0.39, 0.29) is 6.04 Å². The number of hydrogen-bond acceptors (Lipinski definition) is 4. The molecule has 3 atom stereocenters. The summed E-state index contributed by atoms with van der Waals surface area (Å²) in [5, 5.41) is 3.73. The zero-order chi connectivity index (χ0) is 20.0. The van der Waals surface area contributed by atoms with Gasteiger partial charge in [0.05, 0.1) is 6.04 Å². The molecule has 0 heterocycles. The van der Waals surface area contributed by atoms with E-state index in [9.17, 15) is 9.59 Å². The van der Waals surface area contributed by atoms with Gasteiger partial charge in [-0.25, -0.2) is 4.79 Å². The third kappa shape index (κ3) is 6.15. The summed E-state index contributed by atoms with van der Waals surface area (Å²) in [4.78, 5) is 24.5. The molecule has 0 aliphatic heterocycles. The van der Waals surface area contributed by atoms with Crippen molar-refractivity contribution in [3.63, 3.8) is 0 Å². The van der Waals surface area contributed by atoms with Gasteiger partial charge in [-0.3, -0.25) is 4.79 Å². The largest absolute Gasteiger partial charge is 0.479 e. The Bertz CT molecular complexity index is 798. The van der Waals surface area contributed by atoms with Crippen molar-refractivity contribution in [1.29, 1.82) is 0 Å². The predicted octanol–water partition coefficient (Wildman–Crippen LogP) is 4.57. The average molecular weight is 410 g/mol. The van der Waals surface area contributed by atoms with Crippen LogP contribution in [0.5, 0.6) is 5.75 Å². The molecule has 2 aromatic rings. The van der Waals surface area contributed by atoms with Crippen molar-refractivity contribution in [2.24, 2.45) is 0 Å². The molecule has 0 unspecified atom stereocenters. The molecule has 144 valence electrons. The molecule has 2 rings (SSSR count). The highest BCUT2D eigenvalue weighted by Crippen LogP contribution is 2.26. The Kier molecular flexibility index (Phi) is 7.51. The van der Waals surface area contributed by atoms with Crippen LogP contribution in [0, 0.1) is 0 Å². The maximum atomic E-state index is 12.3. The third-order valence-electron chi connectivity index (χ3n) is 3.84. The van der Waals surface area contributed by atoms with Crippen LogP contribution >= 0.6 is 23.2 Å². The highest BCUT2D eigenvalue weighted by atomic mass is 35.5. The highest BCUT2D eigenvalue weighted by Gasteiger charge is 2.24. The fraction of sp³-hybridized carbons (Fsp3) is 0.300. The molecule has 1 N–H and O–H groups in total. The van der Waals surface area contributed by atoms with E-state index >= 15 is 0 Å². The molecule has 0 spiro atoms. The molecule has 1 amide bonds. The van der Waals surface area contributed by atoms with Crippen molar-refractivity contribution in [2.45, 2.75) is 39.0 Å². The SMILES string of the molecule is C[C@H](NC(=O)[C@@H](C)OC(=O)[C@@H](C)Oc1ccccc1)c1ccc(Cl)cc1Cl. The topological polar surface area (TPSA) is 64.6 Å². The summed E-state index contributed by atoms with van der Waals surface area (Å²) in [6.07, 6.45) is -1.82. The smallest absolute Gasteiger partial charge is 0.347 e. The van der Waals surface area contributed by atoms with E-state index in [4.69, 9.17) is 32.7 Å². The zero-order valence-electron chi connectivity index (χ0n) is 15.2. The summed E-state index contributed by atoms with van der Waals surface area (Å²) >= 11 is 12.0. The average Bonchev–Trinajstić information content (AvgIpc) is 2.62. The van der Waals surface area contributed by atoms with Crippen molar-refractivity contribution >= 4 is 35.1 Å². The van der Waals surface area contributed by atoms with Gasteiger partial charge in [0.1, 0.15) is 5.75 Å². The Balaban J connectivity index is 1.89. The first kappa shape index (κ1) is 21.1. The number of nitrogens with one attached hydrogen (secondary N) is 1. The highest BCUT2D eigenvalue weighted by molar-refractivity contribution is 6.35. The van der Waals surface area contributed by atoms with Gasteiger partial charge >= 0.3 is 5.97 Å². The second kappa shape index (κ2) is 9.62. The monoisotopic (exact) mass is 409 g/mol. The van der Waals surface area contributed by atoms with E-state index in [0.29, 0.717) is 21.4 Å². The molecule has 0 aliphatic carbocycles. The first-order valence-electron chi connectivity index (χ1n) is 8.45. The summed E-state index contributed by atoms with van der Waals surface area (Å²) in [7, 11) is 0. The van der Waals surface area contributed by atoms with Gasteiger partial charge in [0.2, 0.25) is 0 Å². The van der Waals surface area contributed by atoms with E-state index < -0.39 is 24.1 Å². The van der Waals surface area contributed by atoms with Crippen molar-refractivity contribution in [3.8, 4) is 5.75 Å². The molecule has 0 saturated heterocycles. The molecule has 0 radical (unpaired) electrons. The van der Waals surface area contributed by atoms with Gasteiger partial charge < -0.3 is 14.8 Å². The normalized spacial score (nSPS) is 14.0. The Morgan fingerprint density at radius 2 is 1.63 bits per heavy atom. The Hall–Kier alpha value is -2.24. The van der Waals surface area contributed by atoms with E-state index in [1.807, 2.05) is 6.07 Å². The number of amides is 1. The van der Waals surface area contributed by atoms with E-state index in [1.54, 1.807) is 56.3 Å². The molecule has 0 aromatic heterocycles. The Morgan fingerprint density at radius 3 is 2.26 bits per heavy atom. The predicted molar refractivity (Wildman–Crippen MR) is 105 cm³/mol. The molecule has 0 aliphatic rings. The maximum Gasteiger partial charge on any atom is 0.347 e.